The number of benzene rings is 2. The fraction of sp³-hybridized carbons (Fsp3) is 0.537. The van der Waals surface area contributed by atoms with Crippen LogP contribution in [0.25, 0.3) is 32.9 Å². The average Bonchev–Trinajstić information content (AvgIpc) is 3.69. The molecule has 1 saturated carbocycles. The third-order valence-electron chi connectivity index (χ3n) is 13.1. The number of aryl methyl sites for hydroxylation is 1. The van der Waals surface area contributed by atoms with E-state index in [9.17, 15) is 18.3 Å². The molecule has 9 nitrogen and oxygen atoms in total. The van der Waals surface area contributed by atoms with Crippen LogP contribution in [0.15, 0.2) is 24.3 Å². The molecule has 4 aromatic rings. The van der Waals surface area contributed by atoms with Gasteiger partial charge in [0.1, 0.15) is 35.2 Å². The molecule has 6 atom stereocenters. The number of nitrogens with one attached hydrogen (secondary N) is 1. The first-order chi connectivity index (χ1) is 26.5. The second-order valence-electron chi connectivity index (χ2n) is 16.4. The molecule has 6 aliphatic rings. The number of phenols is 1. The number of aromatic hydroxyl groups is 1. The molecule has 4 saturated heterocycles. The summed E-state index contributed by atoms with van der Waals surface area (Å²) in [6.45, 7) is 1.59. The van der Waals surface area contributed by atoms with E-state index in [-0.39, 0.29) is 76.9 Å². The second kappa shape index (κ2) is 12.9. The van der Waals surface area contributed by atoms with Gasteiger partial charge in [0.05, 0.1) is 28.8 Å². The Morgan fingerprint density at radius 2 is 1.89 bits per heavy atom. The van der Waals surface area contributed by atoms with Crippen molar-refractivity contribution in [2.75, 3.05) is 31.2 Å². The van der Waals surface area contributed by atoms with Crippen molar-refractivity contribution in [2.45, 2.75) is 106 Å². The number of aromatic nitrogens is 3. The number of fused-ring (bicyclic) bond motifs is 7. The molecule has 2 aromatic heterocycles. The van der Waals surface area contributed by atoms with Crippen molar-refractivity contribution in [3.8, 4) is 35.4 Å². The first-order valence-corrected chi connectivity index (χ1v) is 19.4. The van der Waals surface area contributed by atoms with Crippen LogP contribution in [0, 0.1) is 29.9 Å². The van der Waals surface area contributed by atoms with E-state index < -0.39 is 35.4 Å². The summed E-state index contributed by atoms with van der Waals surface area (Å²) >= 11 is 0. The Hall–Kier alpha value is -4.32. The number of pyridine rings is 1. The molecular weight excluding hydrogens is 719 g/mol. The van der Waals surface area contributed by atoms with Crippen molar-refractivity contribution in [1.29, 1.82) is 0 Å². The summed E-state index contributed by atoms with van der Waals surface area (Å²) in [6.07, 6.45) is 7.06. The predicted molar refractivity (Wildman–Crippen MR) is 195 cm³/mol. The molecule has 14 heteroatoms. The Labute approximate surface area is 314 Å². The second-order valence-corrected chi connectivity index (χ2v) is 16.4. The van der Waals surface area contributed by atoms with Gasteiger partial charge in [-0.15, -0.1) is 6.42 Å². The van der Waals surface area contributed by atoms with Crippen LogP contribution in [0.2, 0.25) is 0 Å². The zero-order chi connectivity index (χ0) is 37.8. The van der Waals surface area contributed by atoms with Gasteiger partial charge >= 0.3 is 12.2 Å². The largest absolute Gasteiger partial charge is 0.508 e. The number of phenolic OH excluding ortho intramolecular Hbond substituents is 1. The standard InChI is InChI=1S/C41H41F5N6O3/c1-2-26-28(42)8-6-22-16-25(53)17-27(32(22)26)35-34(43)36-33-30(48-35)10-11-31-29-9-7-23(47-29)18-51(31)38(33)50-39(49-36)55-20-40-13-3-15-52(40)24(12-14-40)19-54-37(21-4-5-21)41(44,45)46/h1,6,8,16-17,21,23-24,29,31,37,47,53H,3-5,7,9-15,18-20H2/t23-,24+,29+,31-,37?,40+/m1/s1. The number of alkyl halides is 3. The molecule has 0 radical (unpaired) electrons. The van der Waals surface area contributed by atoms with Crippen molar-refractivity contribution in [3.63, 3.8) is 0 Å². The Kier molecular flexibility index (Phi) is 8.21. The molecule has 55 heavy (non-hydrogen) atoms. The maximum Gasteiger partial charge on any atom is 0.414 e. The molecule has 5 aliphatic heterocycles. The minimum atomic E-state index is -4.39. The molecule has 5 fully saturated rings. The Balaban J connectivity index is 1.04. The van der Waals surface area contributed by atoms with E-state index in [1.165, 1.54) is 24.3 Å². The normalized spacial score (nSPS) is 28.0. The van der Waals surface area contributed by atoms with E-state index in [4.69, 9.17) is 30.8 Å². The highest BCUT2D eigenvalue weighted by Gasteiger charge is 2.53. The van der Waals surface area contributed by atoms with Crippen molar-refractivity contribution >= 4 is 27.5 Å². The number of halogens is 5. The smallest absolute Gasteiger partial charge is 0.414 e. The minimum Gasteiger partial charge on any atom is -0.508 e. The van der Waals surface area contributed by atoms with Crippen LogP contribution in [0.1, 0.15) is 69.0 Å². The Morgan fingerprint density at radius 3 is 2.69 bits per heavy atom. The monoisotopic (exact) mass is 760 g/mol. The van der Waals surface area contributed by atoms with Crippen molar-refractivity contribution in [1.82, 2.24) is 25.2 Å². The van der Waals surface area contributed by atoms with Crippen LogP contribution in [0.4, 0.5) is 27.8 Å². The molecule has 7 heterocycles. The molecular formula is C41H41F5N6O3. The van der Waals surface area contributed by atoms with E-state index in [1.54, 1.807) is 0 Å². The lowest BCUT2D eigenvalue weighted by atomic mass is 9.95. The summed E-state index contributed by atoms with van der Waals surface area (Å²) in [5.74, 6) is 0.932. The number of ether oxygens (including phenoxy) is 2. The Bertz CT molecular complexity index is 2260. The van der Waals surface area contributed by atoms with Crippen molar-refractivity contribution in [2.24, 2.45) is 5.92 Å². The Morgan fingerprint density at radius 1 is 1.04 bits per heavy atom. The zero-order valence-corrected chi connectivity index (χ0v) is 30.1. The van der Waals surface area contributed by atoms with Gasteiger partial charge in [0.15, 0.2) is 11.9 Å². The number of hydrogen-bond donors (Lipinski definition) is 2. The summed E-state index contributed by atoms with van der Waals surface area (Å²) in [4.78, 5) is 19.1. The highest BCUT2D eigenvalue weighted by molar-refractivity contribution is 6.03. The highest BCUT2D eigenvalue weighted by atomic mass is 19.4. The van der Waals surface area contributed by atoms with Crippen LogP contribution in [0.3, 0.4) is 0 Å². The summed E-state index contributed by atoms with van der Waals surface area (Å²) in [7, 11) is 0. The van der Waals surface area contributed by atoms with Crippen LogP contribution < -0.4 is 15.0 Å². The quantitative estimate of drug-likeness (QED) is 0.149. The van der Waals surface area contributed by atoms with Gasteiger partial charge in [-0.2, -0.15) is 23.1 Å². The molecule has 0 spiro atoms. The van der Waals surface area contributed by atoms with Gasteiger partial charge in [0.2, 0.25) is 0 Å². The number of hydrogen-bond acceptors (Lipinski definition) is 9. The number of piperazine rings is 1. The van der Waals surface area contributed by atoms with E-state index in [0.717, 1.165) is 45.1 Å². The lowest BCUT2D eigenvalue weighted by Gasteiger charge is -2.41. The molecule has 288 valence electrons. The van der Waals surface area contributed by atoms with Crippen LogP contribution in [-0.4, -0.2) is 93.2 Å². The molecule has 2 N–H and O–H groups in total. The summed E-state index contributed by atoms with van der Waals surface area (Å²) in [5.41, 5.74) is 0.150. The first-order valence-electron chi connectivity index (χ1n) is 19.4. The third-order valence-corrected chi connectivity index (χ3v) is 13.1. The zero-order valence-electron chi connectivity index (χ0n) is 30.1. The number of nitrogens with zero attached hydrogens (tertiary/aromatic N) is 5. The average molecular weight is 761 g/mol. The summed E-state index contributed by atoms with van der Waals surface area (Å²) in [6, 6.07) is 5.90. The summed E-state index contributed by atoms with van der Waals surface area (Å²) < 4.78 is 85.7. The fourth-order valence-electron chi connectivity index (χ4n) is 10.5. The van der Waals surface area contributed by atoms with E-state index in [1.807, 2.05) is 0 Å². The van der Waals surface area contributed by atoms with Crippen LogP contribution >= 0.6 is 0 Å². The molecule has 1 unspecified atom stereocenters. The van der Waals surface area contributed by atoms with E-state index in [2.05, 4.69) is 21.0 Å². The maximum atomic E-state index is 17.3. The number of anilines is 1. The molecule has 2 aromatic carbocycles. The topological polar surface area (TPSA) is 95.9 Å². The third kappa shape index (κ3) is 5.79. The fourth-order valence-corrected chi connectivity index (χ4v) is 10.5. The number of terminal acetylenes is 1. The van der Waals surface area contributed by atoms with Gasteiger partial charge in [-0.3, -0.25) is 4.90 Å². The van der Waals surface area contributed by atoms with E-state index in [0.29, 0.717) is 54.5 Å². The van der Waals surface area contributed by atoms with Gasteiger partial charge in [-0.1, -0.05) is 12.0 Å². The van der Waals surface area contributed by atoms with Gasteiger partial charge in [-0.25, -0.2) is 13.8 Å². The number of rotatable bonds is 8. The highest BCUT2D eigenvalue weighted by Crippen LogP contribution is 2.47. The van der Waals surface area contributed by atoms with Crippen LogP contribution in [-0.2, 0) is 11.2 Å². The van der Waals surface area contributed by atoms with Gasteiger partial charge in [-0.05, 0) is 100 Å². The lowest BCUT2D eigenvalue weighted by molar-refractivity contribution is -0.230. The van der Waals surface area contributed by atoms with Crippen molar-refractivity contribution < 1.29 is 36.5 Å². The van der Waals surface area contributed by atoms with E-state index >= 15 is 8.78 Å². The van der Waals surface area contributed by atoms with Crippen LogP contribution in [0.5, 0.6) is 11.8 Å². The lowest BCUT2D eigenvalue weighted by Crippen LogP contribution is -2.58. The molecule has 2 bridgehead atoms. The van der Waals surface area contributed by atoms with Gasteiger partial charge in [0.25, 0.3) is 0 Å². The molecule has 1 aliphatic carbocycles. The van der Waals surface area contributed by atoms with Gasteiger partial charge < -0.3 is 24.8 Å². The SMILES string of the molecule is C#Cc1c(F)ccc2cc(O)cc(-c3nc4c5c(nc(OC[C@@]67CCCN6[C@H](COC(C6CC6)C(F)(F)F)CC7)nc5c3F)N3C[C@H]5CC[C@H](N5)[C@H]3CC4)c12. The predicted octanol–water partition coefficient (Wildman–Crippen LogP) is 6.80. The first kappa shape index (κ1) is 35.1. The maximum absolute atomic E-state index is 17.3. The van der Waals surface area contributed by atoms with Crippen molar-refractivity contribution in [3.05, 3.63) is 47.2 Å². The van der Waals surface area contributed by atoms with Gasteiger partial charge in [0, 0.05) is 41.7 Å². The molecule has 0 amide bonds. The minimum absolute atomic E-state index is 0.000973. The molecule has 10 rings (SSSR count). The summed E-state index contributed by atoms with van der Waals surface area (Å²) in [5, 5.41) is 15.7.